The van der Waals surface area contributed by atoms with Gasteiger partial charge in [0.05, 0.1) is 11.5 Å². The highest BCUT2D eigenvalue weighted by Crippen LogP contribution is 2.19. The minimum atomic E-state index is -3.82. The minimum absolute atomic E-state index is 0.0541. The molecule has 0 spiro atoms. The molecule has 0 saturated carbocycles. The van der Waals surface area contributed by atoms with Crippen LogP contribution in [0.15, 0.2) is 47.5 Å². The van der Waals surface area contributed by atoms with Gasteiger partial charge in [-0.3, -0.25) is 4.72 Å². The predicted octanol–water partition coefficient (Wildman–Crippen LogP) is 2.37. The molecule has 22 heavy (non-hydrogen) atoms. The van der Waals surface area contributed by atoms with Crippen LogP contribution in [0.2, 0.25) is 0 Å². The number of ether oxygens (including phenoxy) is 1. The van der Waals surface area contributed by atoms with Crippen LogP contribution in [0.5, 0.6) is 0 Å². The molecule has 1 N–H and O–H groups in total. The molecule has 0 aliphatic carbocycles. The van der Waals surface area contributed by atoms with E-state index in [0.29, 0.717) is 0 Å². The second kappa shape index (κ2) is 6.57. The number of aryl methyl sites for hydroxylation is 1. The van der Waals surface area contributed by atoms with Crippen molar-refractivity contribution in [3.05, 3.63) is 53.7 Å². The number of pyridine rings is 1. The zero-order valence-electron chi connectivity index (χ0n) is 12.2. The number of esters is 1. The third-order valence-corrected chi connectivity index (χ3v) is 4.22. The number of carbonyl (C=O) groups is 1. The maximum atomic E-state index is 12.3. The zero-order valence-corrected chi connectivity index (χ0v) is 13.1. The Hall–Kier alpha value is -2.41. The summed E-state index contributed by atoms with van der Waals surface area (Å²) >= 11 is 0. The topological polar surface area (TPSA) is 85.4 Å². The lowest BCUT2D eigenvalue weighted by molar-refractivity contribution is 0.0527. The molecule has 0 radical (unpaired) electrons. The molecule has 0 bridgehead atoms. The van der Waals surface area contributed by atoms with Crippen LogP contribution in [0.25, 0.3) is 0 Å². The van der Waals surface area contributed by atoms with Gasteiger partial charge in [0, 0.05) is 6.20 Å². The number of rotatable bonds is 5. The molecule has 7 heteroatoms. The van der Waals surface area contributed by atoms with E-state index >= 15 is 0 Å². The fourth-order valence-corrected chi connectivity index (χ4v) is 2.79. The van der Waals surface area contributed by atoms with Gasteiger partial charge in [0.25, 0.3) is 10.0 Å². The Kier molecular flexibility index (Phi) is 4.77. The molecule has 1 heterocycles. The van der Waals surface area contributed by atoms with Crippen LogP contribution in [0, 0.1) is 6.92 Å². The van der Waals surface area contributed by atoms with E-state index < -0.39 is 16.0 Å². The molecule has 2 aromatic rings. The molecule has 0 aliphatic heterocycles. The lowest BCUT2D eigenvalue weighted by atomic mass is 10.2. The minimum Gasteiger partial charge on any atom is -0.462 e. The number of anilines is 1. The summed E-state index contributed by atoms with van der Waals surface area (Å²) in [5.41, 5.74) is 1.02. The summed E-state index contributed by atoms with van der Waals surface area (Å²) in [5, 5.41) is 0. The van der Waals surface area contributed by atoms with Crippen molar-refractivity contribution in [3.8, 4) is 0 Å². The van der Waals surface area contributed by atoms with E-state index in [0.717, 1.165) is 5.56 Å². The number of carbonyl (C=O) groups excluding carboxylic acids is 1. The SMILES string of the molecule is CCOC(=O)c1cccnc1NS(=O)(=O)c1ccc(C)cc1. The van der Waals surface area contributed by atoms with Crippen molar-refractivity contribution in [2.24, 2.45) is 0 Å². The van der Waals surface area contributed by atoms with Gasteiger partial charge in [-0.05, 0) is 38.1 Å². The van der Waals surface area contributed by atoms with E-state index in [-0.39, 0.29) is 22.9 Å². The molecule has 6 nitrogen and oxygen atoms in total. The number of nitrogens with zero attached hydrogens (tertiary/aromatic N) is 1. The van der Waals surface area contributed by atoms with Gasteiger partial charge in [-0.15, -0.1) is 0 Å². The Morgan fingerprint density at radius 2 is 1.91 bits per heavy atom. The van der Waals surface area contributed by atoms with E-state index in [4.69, 9.17) is 4.74 Å². The van der Waals surface area contributed by atoms with E-state index in [9.17, 15) is 13.2 Å². The molecule has 1 aromatic heterocycles. The van der Waals surface area contributed by atoms with Crippen molar-refractivity contribution < 1.29 is 17.9 Å². The summed E-state index contributed by atoms with van der Waals surface area (Å²) in [7, 11) is -3.82. The number of hydrogen-bond acceptors (Lipinski definition) is 5. The number of hydrogen-bond donors (Lipinski definition) is 1. The molecule has 1 aromatic carbocycles. The molecule has 0 atom stereocenters. The first-order valence-electron chi connectivity index (χ1n) is 6.65. The Labute approximate surface area is 129 Å². The Balaban J connectivity index is 2.34. The summed E-state index contributed by atoms with van der Waals surface area (Å²) in [6.07, 6.45) is 1.40. The summed E-state index contributed by atoms with van der Waals surface area (Å²) in [6.45, 7) is 3.73. The average molecular weight is 320 g/mol. The number of aromatic nitrogens is 1. The Morgan fingerprint density at radius 3 is 2.55 bits per heavy atom. The van der Waals surface area contributed by atoms with Gasteiger partial charge < -0.3 is 4.74 Å². The zero-order chi connectivity index (χ0) is 16.2. The van der Waals surface area contributed by atoms with E-state index in [1.807, 2.05) is 6.92 Å². The van der Waals surface area contributed by atoms with Crippen LogP contribution in [0.3, 0.4) is 0 Å². The first-order valence-corrected chi connectivity index (χ1v) is 8.14. The largest absolute Gasteiger partial charge is 0.462 e. The van der Waals surface area contributed by atoms with Crippen molar-refractivity contribution in [3.63, 3.8) is 0 Å². The third-order valence-electron chi connectivity index (χ3n) is 2.87. The fourth-order valence-electron chi connectivity index (χ4n) is 1.76. The molecular weight excluding hydrogens is 304 g/mol. The van der Waals surface area contributed by atoms with E-state index in [1.54, 1.807) is 19.1 Å². The van der Waals surface area contributed by atoms with Gasteiger partial charge in [0.1, 0.15) is 5.56 Å². The van der Waals surface area contributed by atoms with Crippen LogP contribution in [-0.4, -0.2) is 26.0 Å². The standard InChI is InChI=1S/C15H16N2O4S/c1-3-21-15(18)13-5-4-10-16-14(13)17-22(19,20)12-8-6-11(2)7-9-12/h4-10H,3H2,1-2H3,(H,16,17). The van der Waals surface area contributed by atoms with Crippen molar-refractivity contribution in [1.29, 1.82) is 0 Å². The molecule has 0 amide bonds. The molecule has 0 aliphatic rings. The lowest BCUT2D eigenvalue weighted by Gasteiger charge is -2.11. The van der Waals surface area contributed by atoms with E-state index in [1.165, 1.54) is 30.5 Å². The predicted molar refractivity (Wildman–Crippen MR) is 82.2 cm³/mol. The number of benzene rings is 1. The first kappa shape index (κ1) is 16.0. The smallest absolute Gasteiger partial charge is 0.341 e. The monoisotopic (exact) mass is 320 g/mol. The summed E-state index contributed by atoms with van der Waals surface area (Å²) in [6, 6.07) is 9.36. The second-order valence-electron chi connectivity index (χ2n) is 4.54. The summed E-state index contributed by atoms with van der Waals surface area (Å²) < 4.78 is 31.9. The van der Waals surface area contributed by atoms with Crippen LogP contribution in [-0.2, 0) is 14.8 Å². The van der Waals surface area contributed by atoms with Gasteiger partial charge in [-0.25, -0.2) is 18.2 Å². The lowest BCUT2D eigenvalue weighted by Crippen LogP contribution is -2.17. The van der Waals surface area contributed by atoms with Gasteiger partial charge in [0.2, 0.25) is 0 Å². The van der Waals surface area contributed by atoms with Gasteiger partial charge in [-0.1, -0.05) is 17.7 Å². The van der Waals surface area contributed by atoms with Crippen LogP contribution >= 0.6 is 0 Å². The highest BCUT2D eigenvalue weighted by molar-refractivity contribution is 7.92. The van der Waals surface area contributed by atoms with Crippen LogP contribution in [0.4, 0.5) is 5.82 Å². The number of sulfonamides is 1. The van der Waals surface area contributed by atoms with Gasteiger partial charge >= 0.3 is 5.97 Å². The molecule has 0 fully saturated rings. The fraction of sp³-hybridized carbons (Fsp3) is 0.200. The third kappa shape index (κ3) is 3.62. The maximum Gasteiger partial charge on any atom is 0.341 e. The highest BCUT2D eigenvalue weighted by Gasteiger charge is 2.20. The highest BCUT2D eigenvalue weighted by atomic mass is 32.2. The molecular formula is C15H16N2O4S. The quantitative estimate of drug-likeness (QED) is 0.855. The first-order chi connectivity index (χ1) is 10.4. The summed E-state index contributed by atoms with van der Waals surface area (Å²) in [5.74, 6) is -0.682. The number of nitrogens with one attached hydrogen (secondary N) is 1. The average Bonchev–Trinajstić information content (AvgIpc) is 2.48. The van der Waals surface area contributed by atoms with Gasteiger partial charge in [0.15, 0.2) is 5.82 Å². The second-order valence-corrected chi connectivity index (χ2v) is 6.22. The normalized spacial score (nSPS) is 11.0. The van der Waals surface area contributed by atoms with Crippen LogP contribution in [0.1, 0.15) is 22.8 Å². The van der Waals surface area contributed by atoms with Crippen molar-refractivity contribution >= 4 is 21.8 Å². The molecule has 2 rings (SSSR count). The van der Waals surface area contributed by atoms with Crippen molar-refractivity contribution in [2.45, 2.75) is 18.7 Å². The molecule has 0 unspecified atom stereocenters. The molecule has 0 saturated heterocycles. The Morgan fingerprint density at radius 1 is 1.23 bits per heavy atom. The summed E-state index contributed by atoms with van der Waals surface area (Å²) in [4.78, 5) is 15.9. The Bertz CT molecular complexity index is 770. The van der Waals surface area contributed by atoms with Gasteiger partial charge in [-0.2, -0.15) is 0 Å². The van der Waals surface area contributed by atoms with Crippen LogP contribution < -0.4 is 4.72 Å². The maximum absolute atomic E-state index is 12.3. The van der Waals surface area contributed by atoms with E-state index in [2.05, 4.69) is 9.71 Å². The molecule has 116 valence electrons. The van der Waals surface area contributed by atoms with Crippen molar-refractivity contribution in [1.82, 2.24) is 4.98 Å². The van der Waals surface area contributed by atoms with Crippen molar-refractivity contribution in [2.75, 3.05) is 11.3 Å².